The highest BCUT2D eigenvalue weighted by Crippen LogP contribution is 2.34. The first kappa shape index (κ1) is 9.49. The van der Waals surface area contributed by atoms with Crippen LogP contribution in [0.3, 0.4) is 0 Å². The minimum Gasteiger partial charge on any atom is -0.507 e. The van der Waals surface area contributed by atoms with E-state index in [0.717, 1.165) is 21.5 Å². The Labute approximate surface area is 97.9 Å². The highest BCUT2D eigenvalue weighted by molar-refractivity contribution is 6.31. The standard InChI is InChI=1S/C14H9ClO/c15-11-5-6-13-10(8-11)7-9-3-1-2-4-12(9)14(13)16/h1-8,16H. The van der Waals surface area contributed by atoms with Gasteiger partial charge >= 0.3 is 0 Å². The van der Waals surface area contributed by atoms with E-state index in [-0.39, 0.29) is 0 Å². The minimum atomic E-state index is 0.324. The lowest BCUT2D eigenvalue weighted by molar-refractivity contribution is 0.488. The topological polar surface area (TPSA) is 20.2 Å². The van der Waals surface area contributed by atoms with Gasteiger partial charge in [0.15, 0.2) is 0 Å². The Bertz CT molecular complexity index is 689. The molecule has 3 aromatic carbocycles. The van der Waals surface area contributed by atoms with Gasteiger partial charge in [0.25, 0.3) is 0 Å². The van der Waals surface area contributed by atoms with Crippen LogP contribution in [-0.2, 0) is 0 Å². The number of halogens is 1. The number of aromatic hydroxyl groups is 1. The summed E-state index contributed by atoms with van der Waals surface area (Å²) in [6, 6.07) is 15.3. The van der Waals surface area contributed by atoms with Crippen LogP contribution in [-0.4, -0.2) is 5.11 Å². The normalized spacial score (nSPS) is 11.1. The Morgan fingerprint density at radius 3 is 2.44 bits per heavy atom. The monoisotopic (exact) mass is 228 g/mol. The number of benzene rings is 3. The number of hydrogen-bond acceptors (Lipinski definition) is 1. The van der Waals surface area contributed by atoms with Gasteiger partial charge in [-0.15, -0.1) is 0 Å². The second kappa shape index (κ2) is 3.39. The predicted octanol–water partition coefficient (Wildman–Crippen LogP) is 4.35. The number of hydrogen-bond donors (Lipinski definition) is 1. The summed E-state index contributed by atoms with van der Waals surface area (Å²) >= 11 is 5.94. The van der Waals surface area contributed by atoms with Gasteiger partial charge in [-0.3, -0.25) is 0 Å². The van der Waals surface area contributed by atoms with E-state index in [1.807, 2.05) is 42.5 Å². The molecule has 3 rings (SSSR count). The van der Waals surface area contributed by atoms with Gasteiger partial charge in [-0.2, -0.15) is 0 Å². The van der Waals surface area contributed by atoms with Gasteiger partial charge in [0.05, 0.1) is 0 Å². The van der Waals surface area contributed by atoms with Crippen molar-refractivity contribution in [3.8, 4) is 5.75 Å². The number of fused-ring (bicyclic) bond motifs is 2. The fourth-order valence-corrected chi connectivity index (χ4v) is 2.20. The summed E-state index contributed by atoms with van der Waals surface area (Å²) in [7, 11) is 0. The van der Waals surface area contributed by atoms with Crippen molar-refractivity contribution in [2.75, 3.05) is 0 Å². The van der Waals surface area contributed by atoms with E-state index >= 15 is 0 Å². The zero-order valence-electron chi connectivity index (χ0n) is 8.44. The Morgan fingerprint density at radius 2 is 1.56 bits per heavy atom. The third kappa shape index (κ3) is 1.33. The molecule has 0 heterocycles. The number of phenols is 1. The largest absolute Gasteiger partial charge is 0.507 e. The first-order valence-electron chi connectivity index (χ1n) is 5.06. The Morgan fingerprint density at radius 1 is 0.812 bits per heavy atom. The van der Waals surface area contributed by atoms with Crippen LogP contribution in [0.15, 0.2) is 48.5 Å². The first-order valence-corrected chi connectivity index (χ1v) is 5.43. The lowest BCUT2D eigenvalue weighted by Gasteiger charge is -2.06. The van der Waals surface area contributed by atoms with Crippen LogP contribution >= 0.6 is 11.6 Å². The maximum Gasteiger partial charge on any atom is 0.131 e. The average molecular weight is 229 g/mol. The summed E-state index contributed by atoms with van der Waals surface area (Å²) in [5.41, 5.74) is 0. The van der Waals surface area contributed by atoms with Crippen LogP contribution in [0.4, 0.5) is 0 Å². The second-order valence-electron chi connectivity index (χ2n) is 3.81. The quantitative estimate of drug-likeness (QED) is 0.567. The zero-order chi connectivity index (χ0) is 11.1. The van der Waals surface area contributed by atoms with E-state index in [0.29, 0.717) is 10.8 Å². The Hall–Kier alpha value is -1.73. The minimum absolute atomic E-state index is 0.324. The summed E-state index contributed by atoms with van der Waals surface area (Å²) in [5.74, 6) is 0.324. The molecule has 1 nitrogen and oxygen atoms in total. The average Bonchev–Trinajstić information content (AvgIpc) is 2.29. The maximum atomic E-state index is 10.2. The molecular formula is C14H9ClO. The van der Waals surface area contributed by atoms with Crippen LogP contribution in [0.5, 0.6) is 5.75 Å². The molecule has 0 radical (unpaired) electrons. The molecule has 0 aliphatic rings. The molecule has 78 valence electrons. The second-order valence-corrected chi connectivity index (χ2v) is 4.25. The fraction of sp³-hybridized carbons (Fsp3) is 0. The van der Waals surface area contributed by atoms with Crippen LogP contribution < -0.4 is 0 Å². The molecule has 0 saturated carbocycles. The van der Waals surface area contributed by atoms with Crippen molar-refractivity contribution in [3.63, 3.8) is 0 Å². The number of rotatable bonds is 0. The molecule has 1 N–H and O–H groups in total. The molecule has 0 atom stereocenters. The molecule has 0 aliphatic heterocycles. The smallest absolute Gasteiger partial charge is 0.131 e. The van der Waals surface area contributed by atoms with E-state index in [1.165, 1.54) is 0 Å². The number of phenolic OH excluding ortho intramolecular Hbond substituents is 1. The summed E-state index contributed by atoms with van der Waals surface area (Å²) < 4.78 is 0. The third-order valence-corrected chi connectivity index (χ3v) is 3.03. The van der Waals surface area contributed by atoms with Gasteiger partial charge in [-0.1, -0.05) is 35.9 Å². The van der Waals surface area contributed by atoms with Crippen molar-refractivity contribution in [1.29, 1.82) is 0 Å². The van der Waals surface area contributed by atoms with E-state index in [9.17, 15) is 5.11 Å². The molecule has 0 unspecified atom stereocenters. The van der Waals surface area contributed by atoms with Gasteiger partial charge in [0, 0.05) is 15.8 Å². The van der Waals surface area contributed by atoms with Gasteiger partial charge in [0.1, 0.15) is 5.75 Å². The SMILES string of the molecule is Oc1c2ccccc2cc2cc(Cl)ccc12. The molecule has 0 bridgehead atoms. The van der Waals surface area contributed by atoms with E-state index in [2.05, 4.69) is 0 Å². The first-order chi connectivity index (χ1) is 7.75. The molecule has 0 spiro atoms. The van der Waals surface area contributed by atoms with E-state index in [4.69, 9.17) is 11.6 Å². The van der Waals surface area contributed by atoms with Crippen molar-refractivity contribution in [3.05, 3.63) is 53.6 Å². The lowest BCUT2D eigenvalue weighted by Crippen LogP contribution is -1.78. The third-order valence-electron chi connectivity index (χ3n) is 2.80. The fourth-order valence-electron chi connectivity index (χ4n) is 2.02. The maximum absolute atomic E-state index is 10.2. The van der Waals surface area contributed by atoms with Crippen LogP contribution in [0.1, 0.15) is 0 Å². The molecule has 0 fully saturated rings. The molecule has 0 aromatic heterocycles. The summed E-state index contributed by atoms with van der Waals surface area (Å²) in [6.45, 7) is 0. The predicted molar refractivity (Wildman–Crippen MR) is 68.1 cm³/mol. The highest BCUT2D eigenvalue weighted by atomic mass is 35.5. The summed E-state index contributed by atoms with van der Waals surface area (Å²) in [4.78, 5) is 0. The summed E-state index contributed by atoms with van der Waals surface area (Å²) in [6.07, 6.45) is 0. The highest BCUT2D eigenvalue weighted by Gasteiger charge is 2.05. The van der Waals surface area contributed by atoms with E-state index in [1.54, 1.807) is 6.07 Å². The molecule has 0 saturated heterocycles. The molecule has 0 amide bonds. The van der Waals surface area contributed by atoms with Gasteiger partial charge < -0.3 is 5.11 Å². The van der Waals surface area contributed by atoms with Crippen LogP contribution in [0, 0.1) is 0 Å². The van der Waals surface area contributed by atoms with Gasteiger partial charge in [0.2, 0.25) is 0 Å². The molecule has 0 aliphatic carbocycles. The van der Waals surface area contributed by atoms with E-state index < -0.39 is 0 Å². The Balaban J connectivity index is 2.55. The molecular weight excluding hydrogens is 220 g/mol. The Kier molecular flexibility index (Phi) is 2.01. The van der Waals surface area contributed by atoms with Crippen molar-refractivity contribution in [1.82, 2.24) is 0 Å². The van der Waals surface area contributed by atoms with Crippen molar-refractivity contribution in [2.24, 2.45) is 0 Å². The molecule has 2 heteroatoms. The van der Waals surface area contributed by atoms with Crippen molar-refractivity contribution in [2.45, 2.75) is 0 Å². The van der Waals surface area contributed by atoms with Crippen molar-refractivity contribution >= 4 is 33.1 Å². The zero-order valence-corrected chi connectivity index (χ0v) is 9.20. The lowest BCUT2D eigenvalue weighted by atomic mass is 10.0. The van der Waals surface area contributed by atoms with Crippen LogP contribution in [0.2, 0.25) is 5.02 Å². The van der Waals surface area contributed by atoms with Gasteiger partial charge in [-0.25, -0.2) is 0 Å². The molecule has 16 heavy (non-hydrogen) atoms. The summed E-state index contributed by atoms with van der Waals surface area (Å²) in [5, 5.41) is 14.5. The van der Waals surface area contributed by atoms with Crippen molar-refractivity contribution < 1.29 is 5.11 Å². The molecule has 3 aromatic rings. The van der Waals surface area contributed by atoms with Crippen LogP contribution in [0.25, 0.3) is 21.5 Å². The van der Waals surface area contributed by atoms with Gasteiger partial charge in [-0.05, 0) is 35.0 Å².